The lowest BCUT2D eigenvalue weighted by Crippen LogP contribution is -2.36. The van der Waals surface area contributed by atoms with Crippen molar-refractivity contribution in [2.75, 3.05) is 0 Å². The fourth-order valence-corrected chi connectivity index (χ4v) is 6.69. The molecule has 8 nitrogen and oxygen atoms in total. The molecule has 2 aliphatic carbocycles. The average Bonchev–Trinajstić information content (AvgIpc) is 3.70. The standard InChI is InChI=1S/C29H32N8/c1-2-6-19-18(5-1)34-28(35-19)16-9-11-22-24(13-16)32-26(30-22)15-27-31-23-12-10-17(14-25(23)33-27)29-36-20-7-3-4-8-21(20)37-29/h9-14,18-21H,1-8,15H2,(H,30,32)(H,31,33)(H,34,35)(H,36,37)/t18-,19-,20-,21-/m1/s1. The summed E-state index contributed by atoms with van der Waals surface area (Å²) in [5.41, 5.74) is 6.29. The third-order valence-electron chi connectivity index (χ3n) is 8.64. The van der Waals surface area contributed by atoms with Gasteiger partial charge in [-0.2, -0.15) is 0 Å². The molecule has 0 amide bonds. The Hall–Kier alpha value is -3.68. The van der Waals surface area contributed by atoms with Crippen molar-refractivity contribution in [1.82, 2.24) is 30.6 Å². The van der Waals surface area contributed by atoms with Gasteiger partial charge in [-0.25, -0.2) is 9.97 Å². The first kappa shape index (κ1) is 21.4. The number of nitrogens with zero attached hydrogens (tertiary/aromatic N) is 4. The van der Waals surface area contributed by atoms with Gasteiger partial charge in [0.2, 0.25) is 0 Å². The minimum Gasteiger partial charge on any atom is -0.365 e. The van der Waals surface area contributed by atoms with Gasteiger partial charge in [-0.3, -0.25) is 9.98 Å². The fraction of sp³-hybridized carbons (Fsp3) is 0.448. The van der Waals surface area contributed by atoms with Crippen LogP contribution in [0.3, 0.4) is 0 Å². The minimum atomic E-state index is 0.436. The van der Waals surface area contributed by atoms with Gasteiger partial charge in [-0.05, 0) is 62.1 Å². The van der Waals surface area contributed by atoms with Gasteiger partial charge >= 0.3 is 0 Å². The summed E-state index contributed by atoms with van der Waals surface area (Å²) >= 11 is 0. The van der Waals surface area contributed by atoms with Crippen LogP contribution >= 0.6 is 0 Å². The molecule has 0 bridgehead atoms. The maximum atomic E-state index is 4.99. The molecule has 2 aliphatic heterocycles. The number of aromatic amines is 2. The van der Waals surface area contributed by atoms with Crippen LogP contribution in [0.15, 0.2) is 46.4 Å². The molecule has 8 rings (SSSR count). The monoisotopic (exact) mass is 492 g/mol. The van der Waals surface area contributed by atoms with Crippen LogP contribution in [0.25, 0.3) is 22.1 Å². The van der Waals surface area contributed by atoms with Crippen molar-refractivity contribution in [2.45, 2.75) is 82.0 Å². The van der Waals surface area contributed by atoms with E-state index in [-0.39, 0.29) is 0 Å². The zero-order valence-corrected chi connectivity index (χ0v) is 20.9. The van der Waals surface area contributed by atoms with Crippen LogP contribution in [-0.2, 0) is 6.42 Å². The number of fused-ring (bicyclic) bond motifs is 4. The first-order chi connectivity index (χ1) is 18.2. The summed E-state index contributed by atoms with van der Waals surface area (Å²) in [7, 11) is 0. The molecule has 2 saturated carbocycles. The van der Waals surface area contributed by atoms with Crippen molar-refractivity contribution in [2.24, 2.45) is 9.98 Å². The van der Waals surface area contributed by atoms with Crippen LogP contribution in [0.5, 0.6) is 0 Å². The molecule has 4 atom stereocenters. The van der Waals surface area contributed by atoms with E-state index in [0.29, 0.717) is 30.6 Å². The second kappa shape index (κ2) is 8.43. The number of rotatable bonds is 4. The number of aromatic nitrogens is 4. The van der Waals surface area contributed by atoms with Crippen LogP contribution < -0.4 is 10.6 Å². The zero-order valence-electron chi connectivity index (χ0n) is 20.9. The van der Waals surface area contributed by atoms with Gasteiger partial charge < -0.3 is 20.6 Å². The molecule has 0 spiro atoms. The van der Waals surface area contributed by atoms with E-state index >= 15 is 0 Å². The SMILES string of the molecule is c1cc2nc(Cc3nc4ccc(C5=N[C@@H]6CCCC[C@H]6N5)cc4[nH]3)[nH]c2cc1C1=N[C@@H]2CCCC[C@H]2N1. The molecule has 4 N–H and O–H groups in total. The van der Waals surface area contributed by atoms with E-state index in [0.717, 1.165) is 56.5 Å². The lowest BCUT2D eigenvalue weighted by molar-refractivity contribution is 0.385. The lowest BCUT2D eigenvalue weighted by Gasteiger charge is -2.23. The van der Waals surface area contributed by atoms with Crippen molar-refractivity contribution in [3.8, 4) is 0 Å². The molecule has 2 aromatic carbocycles. The van der Waals surface area contributed by atoms with Crippen molar-refractivity contribution < 1.29 is 0 Å². The van der Waals surface area contributed by atoms with Crippen molar-refractivity contribution in [3.05, 3.63) is 59.2 Å². The van der Waals surface area contributed by atoms with Gasteiger partial charge in [0.1, 0.15) is 23.3 Å². The van der Waals surface area contributed by atoms with E-state index in [9.17, 15) is 0 Å². The van der Waals surface area contributed by atoms with Gasteiger partial charge in [-0.1, -0.05) is 25.7 Å². The highest BCUT2D eigenvalue weighted by atomic mass is 15.1. The maximum absolute atomic E-state index is 4.99. The summed E-state index contributed by atoms with van der Waals surface area (Å²) in [5, 5.41) is 7.32. The Labute approximate surface area is 215 Å². The minimum absolute atomic E-state index is 0.436. The number of imidazole rings is 2. The van der Waals surface area contributed by atoms with E-state index in [1.165, 1.54) is 51.4 Å². The number of H-pyrrole nitrogens is 2. The summed E-state index contributed by atoms with van der Waals surface area (Å²) in [6.07, 6.45) is 10.6. The quantitative estimate of drug-likeness (QED) is 0.340. The summed E-state index contributed by atoms with van der Waals surface area (Å²) in [5.74, 6) is 3.88. The molecular formula is C29H32N8. The zero-order chi connectivity index (χ0) is 24.3. The molecule has 0 saturated heterocycles. The van der Waals surface area contributed by atoms with Gasteiger partial charge in [0.15, 0.2) is 0 Å². The Morgan fingerprint density at radius 2 is 1.11 bits per heavy atom. The second-order valence-corrected chi connectivity index (χ2v) is 11.2. The van der Waals surface area contributed by atoms with E-state index < -0.39 is 0 Å². The number of benzene rings is 2. The molecule has 4 aromatic rings. The normalized spacial score (nSPS) is 26.9. The molecule has 37 heavy (non-hydrogen) atoms. The Morgan fingerprint density at radius 1 is 0.622 bits per heavy atom. The topological polar surface area (TPSA) is 106 Å². The first-order valence-corrected chi connectivity index (χ1v) is 13.9. The van der Waals surface area contributed by atoms with Gasteiger partial charge in [-0.15, -0.1) is 0 Å². The molecule has 8 heteroatoms. The highest BCUT2D eigenvalue weighted by molar-refractivity contribution is 6.03. The number of hydrogen-bond donors (Lipinski definition) is 4. The summed E-state index contributed by atoms with van der Waals surface area (Å²) in [6, 6.07) is 14.7. The molecule has 0 radical (unpaired) electrons. The summed E-state index contributed by atoms with van der Waals surface area (Å²) in [6.45, 7) is 0. The molecule has 188 valence electrons. The highest BCUT2D eigenvalue weighted by Gasteiger charge is 2.32. The third-order valence-corrected chi connectivity index (χ3v) is 8.64. The summed E-state index contributed by atoms with van der Waals surface area (Å²) < 4.78 is 0. The molecule has 0 unspecified atom stereocenters. The Kier molecular flexibility index (Phi) is 4.88. The number of hydrogen-bond acceptors (Lipinski definition) is 6. The molecule has 2 fully saturated rings. The number of nitrogens with one attached hydrogen (secondary N) is 4. The van der Waals surface area contributed by atoms with E-state index in [2.05, 4.69) is 57.0 Å². The number of amidine groups is 2. The van der Waals surface area contributed by atoms with E-state index in [4.69, 9.17) is 20.0 Å². The molecule has 2 aromatic heterocycles. The smallest absolute Gasteiger partial charge is 0.128 e. The van der Waals surface area contributed by atoms with Gasteiger partial charge in [0, 0.05) is 23.2 Å². The second-order valence-electron chi connectivity index (χ2n) is 11.2. The first-order valence-electron chi connectivity index (χ1n) is 13.9. The van der Waals surface area contributed by atoms with Gasteiger partial charge in [0.05, 0.1) is 40.6 Å². The van der Waals surface area contributed by atoms with E-state index in [1.807, 2.05) is 0 Å². The van der Waals surface area contributed by atoms with Gasteiger partial charge in [0.25, 0.3) is 0 Å². The molecule has 4 heterocycles. The Morgan fingerprint density at radius 3 is 1.59 bits per heavy atom. The third kappa shape index (κ3) is 3.81. The van der Waals surface area contributed by atoms with Crippen LogP contribution in [0.1, 0.15) is 74.1 Å². The van der Waals surface area contributed by atoms with Crippen LogP contribution in [0.4, 0.5) is 0 Å². The van der Waals surface area contributed by atoms with Crippen LogP contribution in [0.2, 0.25) is 0 Å². The highest BCUT2D eigenvalue weighted by Crippen LogP contribution is 2.28. The van der Waals surface area contributed by atoms with Crippen molar-refractivity contribution >= 4 is 33.7 Å². The predicted octanol–water partition coefficient (Wildman–Crippen LogP) is 4.35. The van der Waals surface area contributed by atoms with Crippen LogP contribution in [-0.4, -0.2) is 55.8 Å². The van der Waals surface area contributed by atoms with Crippen molar-refractivity contribution in [3.63, 3.8) is 0 Å². The molecule has 4 aliphatic rings. The summed E-state index contributed by atoms with van der Waals surface area (Å²) in [4.78, 5) is 26.7. The number of aliphatic imine (C=N–C) groups is 2. The Balaban J connectivity index is 1.02. The largest absolute Gasteiger partial charge is 0.365 e. The Bertz CT molecular complexity index is 1440. The fourth-order valence-electron chi connectivity index (χ4n) is 6.69. The predicted molar refractivity (Wildman–Crippen MR) is 146 cm³/mol. The molecular weight excluding hydrogens is 460 g/mol. The van der Waals surface area contributed by atoms with Crippen molar-refractivity contribution in [1.29, 1.82) is 0 Å². The lowest BCUT2D eigenvalue weighted by atomic mass is 9.92. The van der Waals surface area contributed by atoms with Crippen LogP contribution in [0, 0.1) is 0 Å². The maximum Gasteiger partial charge on any atom is 0.128 e. The average molecular weight is 493 g/mol. The van der Waals surface area contributed by atoms with E-state index in [1.54, 1.807) is 0 Å².